The second-order valence-electron chi connectivity index (χ2n) is 6.90. The number of likely N-dealkylation sites (N-methyl/N-ethyl adjacent to an activating group) is 1. The van der Waals surface area contributed by atoms with Crippen LogP contribution < -0.4 is 9.64 Å². The van der Waals surface area contributed by atoms with Crippen LogP contribution in [0.4, 0.5) is 5.69 Å². The molecule has 1 aromatic heterocycles. The Balaban J connectivity index is 2.14. The topological polar surface area (TPSA) is 66.2 Å². The fourth-order valence-corrected chi connectivity index (χ4v) is 3.94. The Morgan fingerprint density at radius 2 is 2.08 bits per heavy atom. The van der Waals surface area contributed by atoms with Crippen LogP contribution in [0.25, 0.3) is 21.7 Å². The lowest BCUT2D eigenvalue weighted by atomic mass is 9.75. The average Bonchev–Trinajstić information content (AvgIpc) is 2.68. The zero-order valence-corrected chi connectivity index (χ0v) is 15.0. The van der Waals surface area contributed by atoms with Gasteiger partial charge >= 0.3 is 0 Å². The van der Waals surface area contributed by atoms with E-state index in [4.69, 9.17) is 15.0 Å². The molecule has 1 atom stereocenters. The Morgan fingerprint density at radius 3 is 2.81 bits per heavy atom. The third-order valence-corrected chi connectivity index (χ3v) is 5.40. The van der Waals surface area contributed by atoms with Gasteiger partial charge in [-0.1, -0.05) is 12.1 Å². The summed E-state index contributed by atoms with van der Waals surface area (Å²) in [5, 5.41) is 12.2. The smallest absolute Gasteiger partial charge is 0.238 e. The molecule has 1 amide bonds. The second kappa shape index (κ2) is 5.70. The first-order chi connectivity index (χ1) is 12.5. The number of rotatable bonds is 3. The molecule has 0 saturated heterocycles. The summed E-state index contributed by atoms with van der Waals surface area (Å²) in [6.45, 7) is 1.90. The van der Waals surface area contributed by atoms with Gasteiger partial charge in [0.1, 0.15) is 5.75 Å². The minimum Gasteiger partial charge on any atom is -0.497 e. The predicted molar refractivity (Wildman–Crippen MR) is 101 cm³/mol. The zero-order chi connectivity index (χ0) is 18.5. The molecule has 0 N–H and O–H groups in total. The number of carbonyl (C=O) groups is 1. The van der Waals surface area contributed by atoms with Crippen LogP contribution in [0.15, 0.2) is 36.4 Å². The summed E-state index contributed by atoms with van der Waals surface area (Å²) in [5.41, 5.74) is 1.59. The predicted octanol–water partition coefficient (Wildman–Crippen LogP) is 3.93. The van der Waals surface area contributed by atoms with Crippen molar-refractivity contribution in [1.29, 1.82) is 5.26 Å². The van der Waals surface area contributed by atoms with Crippen molar-refractivity contribution in [2.75, 3.05) is 19.1 Å². The van der Waals surface area contributed by atoms with Crippen molar-refractivity contribution in [3.05, 3.63) is 42.1 Å². The monoisotopic (exact) mass is 345 g/mol. The van der Waals surface area contributed by atoms with Crippen LogP contribution in [0.2, 0.25) is 0 Å². The molecule has 5 nitrogen and oxygen atoms in total. The van der Waals surface area contributed by atoms with Gasteiger partial charge in [0.05, 0.1) is 35.5 Å². The van der Waals surface area contributed by atoms with E-state index in [2.05, 4.69) is 12.1 Å². The van der Waals surface area contributed by atoms with Crippen LogP contribution in [0.3, 0.4) is 0 Å². The second-order valence-corrected chi connectivity index (χ2v) is 6.90. The number of amides is 1. The molecule has 0 fully saturated rings. The molecule has 4 rings (SSSR count). The number of hydrogen-bond acceptors (Lipinski definition) is 4. The number of fused-ring (bicyclic) bond motifs is 2. The molecule has 0 spiro atoms. The van der Waals surface area contributed by atoms with Crippen LogP contribution >= 0.6 is 0 Å². The summed E-state index contributed by atoms with van der Waals surface area (Å²) in [6.07, 6.45) is 0.746. The first-order valence-corrected chi connectivity index (χ1v) is 8.57. The van der Waals surface area contributed by atoms with Gasteiger partial charge in [-0.2, -0.15) is 5.26 Å². The van der Waals surface area contributed by atoms with Gasteiger partial charge in [-0.15, -0.1) is 0 Å². The summed E-state index contributed by atoms with van der Waals surface area (Å²) in [6, 6.07) is 14.0. The number of carbonyl (C=O) groups excluding carboxylic acids is 1. The number of aromatic nitrogens is 1. The van der Waals surface area contributed by atoms with Crippen LogP contribution in [0.1, 0.15) is 25.5 Å². The average molecular weight is 345 g/mol. The SMILES string of the molecule is COc1ccc2c(c1)nc1c3c(cccc32)N(C)C(=O)C1(C)CCC#N. The molecule has 1 aliphatic heterocycles. The number of benzene rings is 2. The van der Waals surface area contributed by atoms with Gasteiger partial charge in [0, 0.05) is 30.3 Å². The summed E-state index contributed by atoms with van der Waals surface area (Å²) >= 11 is 0. The lowest BCUT2D eigenvalue weighted by Crippen LogP contribution is -2.47. The first kappa shape index (κ1) is 16.3. The van der Waals surface area contributed by atoms with E-state index in [0.29, 0.717) is 12.8 Å². The largest absolute Gasteiger partial charge is 0.497 e. The Morgan fingerprint density at radius 1 is 1.27 bits per heavy atom. The van der Waals surface area contributed by atoms with E-state index in [0.717, 1.165) is 38.8 Å². The molecule has 2 heterocycles. The van der Waals surface area contributed by atoms with Crippen molar-refractivity contribution in [1.82, 2.24) is 4.98 Å². The fraction of sp³-hybridized carbons (Fsp3) is 0.286. The van der Waals surface area contributed by atoms with Crippen molar-refractivity contribution < 1.29 is 9.53 Å². The molecule has 130 valence electrons. The van der Waals surface area contributed by atoms with E-state index in [1.165, 1.54) is 0 Å². The Hall–Kier alpha value is -3.13. The fourth-order valence-electron chi connectivity index (χ4n) is 3.94. The molecule has 1 aliphatic rings. The van der Waals surface area contributed by atoms with E-state index in [1.807, 2.05) is 37.3 Å². The summed E-state index contributed by atoms with van der Waals surface area (Å²) in [5.74, 6) is 0.702. The molecule has 3 aromatic rings. The van der Waals surface area contributed by atoms with Gasteiger partial charge in [0.25, 0.3) is 0 Å². The molecule has 5 heteroatoms. The molecule has 0 saturated carbocycles. The molecule has 0 aliphatic carbocycles. The standard InChI is InChI=1S/C21H19N3O2/c1-21(10-5-11-22)19-18-15(6-4-7-17(18)24(2)20(21)25)14-9-8-13(26-3)12-16(14)23-19/h4,6-9,12H,5,10H2,1-3H3. The van der Waals surface area contributed by atoms with Crippen LogP contribution in [0, 0.1) is 11.3 Å². The van der Waals surface area contributed by atoms with E-state index >= 15 is 0 Å². The summed E-state index contributed by atoms with van der Waals surface area (Å²) in [4.78, 5) is 19.8. The number of anilines is 1. The number of ether oxygens (including phenoxy) is 1. The maximum atomic E-state index is 13.2. The first-order valence-electron chi connectivity index (χ1n) is 8.57. The Bertz CT molecular complexity index is 1100. The third kappa shape index (κ3) is 2.08. The number of nitrogens with zero attached hydrogens (tertiary/aromatic N) is 3. The Labute approximate surface area is 151 Å². The highest BCUT2D eigenvalue weighted by Gasteiger charge is 2.44. The highest BCUT2D eigenvalue weighted by molar-refractivity contribution is 6.19. The van der Waals surface area contributed by atoms with Crippen molar-refractivity contribution in [3.63, 3.8) is 0 Å². The molecular weight excluding hydrogens is 326 g/mol. The molecule has 0 radical (unpaired) electrons. The van der Waals surface area contributed by atoms with Gasteiger partial charge < -0.3 is 9.64 Å². The van der Waals surface area contributed by atoms with Gasteiger partial charge in [-0.3, -0.25) is 9.78 Å². The van der Waals surface area contributed by atoms with E-state index in [1.54, 1.807) is 19.1 Å². The van der Waals surface area contributed by atoms with E-state index in [-0.39, 0.29) is 5.91 Å². The van der Waals surface area contributed by atoms with Crippen LogP contribution in [0.5, 0.6) is 5.75 Å². The number of hydrogen-bond donors (Lipinski definition) is 0. The van der Waals surface area contributed by atoms with Gasteiger partial charge in [-0.25, -0.2) is 0 Å². The highest BCUT2D eigenvalue weighted by Crippen LogP contribution is 2.45. The molecule has 1 unspecified atom stereocenters. The lowest BCUT2D eigenvalue weighted by Gasteiger charge is -2.38. The van der Waals surface area contributed by atoms with Crippen molar-refractivity contribution in [2.24, 2.45) is 0 Å². The minimum absolute atomic E-state index is 0.0255. The van der Waals surface area contributed by atoms with E-state index in [9.17, 15) is 4.79 Å². The van der Waals surface area contributed by atoms with Crippen molar-refractivity contribution in [3.8, 4) is 11.8 Å². The van der Waals surface area contributed by atoms with Gasteiger partial charge in [0.2, 0.25) is 5.91 Å². The molecule has 0 bridgehead atoms. The maximum Gasteiger partial charge on any atom is 0.238 e. The highest BCUT2D eigenvalue weighted by atomic mass is 16.5. The van der Waals surface area contributed by atoms with Gasteiger partial charge in [-0.05, 0) is 36.9 Å². The quantitative estimate of drug-likeness (QED) is 0.675. The Kier molecular flexibility index (Phi) is 3.58. The number of nitriles is 1. The molecule has 26 heavy (non-hydrogen) atoms. The van der Waals surface area contributed by atoms with Crippen molar-refractivity contribution in [2.45, 2.75) is 25.2 Å². The molecular formula is C21H19N3O2. The van der Waals surface area contributed by atoms with Crippen molar-refractivity contribution >= 4 is 33.3 Å². The minimum atomic E-state index is -0.825. The number of methoxy groups -OCH3 is 1. The molecule has 2 aromatic carbocycles. The number of pyridine rings is 1. The zero-order valence-electron chi connectivity index (χ0n) is 15.0. The third-order valence-electron chi connectivity index (χ3n) is 5.40. The van der Waals surface area contributed by atoms with E-state index < -0.39 is 5.41 Å². The normalized spacial score (nSPS) is 19.0. The summed E-state index contributed by atoms with van der Waals surface area (Å²) < 4.78 is 5.34. The summed E-state index contributed by atoms with van der Waals surface area (Å²) in [7, 11) is 3.42. The maximum absolute atomic E-state index is 13.2. The lowest BCUT2D eigenvalue weighted by molar-refractivity contribution is -0.123. The van der Waals surface area contributed by atoms with Gasteiger partial charge in [0.15, 0.2) is 0 Å². The van der Waals surface area contributed by atoms with Crippen LogP contribution in [-0.2, 0) is 10.2 Å². The van der Waals surface area contributed by atoms with Crippen LogP contribution in [-0.4, -0.2) is 25.0 Å².